The van der Waals surface area contributed by atoms with Crippen molar-refractivity contribution in [1.82, 2.24) is 9.80 Å². The van der Waals surface area contributed by atoms with Crippen molar-refractivity contribution in [2.24, 2.45) is 11.8 Å². The van der Waals surface area contributed by atoms with E-state index in [4.69, 9.17) is 34.8 Å². The van der Waals surface area contributed by atoms with Crippen molar-refractivity contribution in [3.8, 4) is 0 Å². The molecule has 2 saturated heterocycles. The Bertz CT molecular complexity index is 1000. The summed E-state index contributed by atoms with van der Waals surface area (Å²) in [7, 11) is 0. The molecule has 2 heterocycles. The van der Waals surface area contributed by atoms with E-state index < -0.39 is 0 Å². The van der Waals surface area contributed by atoms with Gasteiger partial charge < -0.3 is 15.1 Å². The summed E-state index contributed by atoms with van der Waals surface area (Å²) < 4.78 is 0. The Balaban J connectivity index is 1.25. The van der Waals surface area contributed by atoms with Crippen molar-refractivity contribution in [3.63, 3.8) is 0 Å². The van der Waals surface area contributed by atoms with E-state index in [9.17, 15) is 9.59 Å². The summed E-state index contributed by atoms with van der Waals surface area (Å²) in [5.74, 6) is 0.785. The van der Waals surface area contributed by atoms with E-state index in [1.165, 1.54) is 0 Å². The lowest BCUT2D eigenvalue weighted by Gasteiger charge is -2.22. The first-order valence-electron chi connectivity index (χ1n) is 10.3. The van der Waals surface area contributed by atoms with E-state index in [-0.39, 0.29) is 11.8 Å². The van der Waals surface area contributed by atoms with E-state index in [0.717, 1.165) is 18.7 Å². The van der Waals surface area contributed by atoms with Gasteiger partial charge in [-0.15, -0.1) is 0 Å². The number of aryl methyl sites for hydroxylation is 1. The number of nitrogens with one attached hydrogen (secondary N) is 1. The van der Waals surface area contributed by atoms with Gasteiger partial charge in [0.25, 0.3) is 5.91 Å². The van der Waals surface area contributed by atoms with Crippen LogP contribution >= 0.6 is 34.8 Å². The van der Waals surface area contributed by atoms with Crippen molar-refractivity contribution in [3.05, 3.63) is 62.6 Å². The smallest absolute Gasteiger partial charge is 0.255 e. The lowest BCUT2D eigenvalue weighted by molar-refractivity contribution is -0.116. The van der Waals surface area contributed by atoms with Crippen LogP contribution in [-0.2, 0) is 4.79 Å². The van der Waals surface area contributed by atoms with Gasteiger partial charge in [0.2, 0.25) is 5.91 Å². The molecule has 2 fully saturated rings. The molecule has 8 heteroatoms. The van der Waals surface area contributed by atoms with Crippen LogP contribution in [-0.4, -0.2) is 54.3 Å². The topological polar surface area (TPSA) is 52.7 Å². The molecule has 2 unspecified atom stereocenters. The van der Waals surface area contributed by atoms with Crippen LogP contribution in [0.25, 0.3) is 0 Å². The van der Waals surface area contributed by atoms with Crippen LogP contribution in [0.5, 0.6) is 0 Å². The van der Waals surface area contributed by atoms with Gasteiger partial charge in [0.1, 0.15) is 0 Å². The van der Waals surface area contributed by atoms with E-state index in [2.05, 4.69) is 10.2 Å². The molecule has 2 aromatic rings. The monoisotopic (exact) mass is 479 g/mol. The molecule has 0 saturated carbocycles. The molecule has 2 aliphatic heterocycles. The minimum atomic E-state index is -0.0428. The standard InChI is InChI=1S/C23H24Cl3N3O2/c1-14-2-4-18(9-20(14)25)27-22(30)6-7-28-10-15-12-29(13-16(15)11-28)23(31)19-5-3-17(24)8-21(19)26/h2-5,8-9,15-16H,6-7,10-13H2,1H3,(H,27,30). The number of carbonyl (C=O) groups is 2. The van der Waals surface area contributed by atoms with Crippen molar-refractivity contribution in [2.45, 2.75) is 13.3 Å². The molecule has 164 valence electrons. The Hall–Kier alpha value is -1.79. The second-order valence-corrected chi connectivity index (χ2v) is 9.63. The Morgan fingerprint density at radius 2 is 1.68 bits per heavy atom. The Morgan fingerprint density at radius 3 is 2.32 bits per heavy atom. The largest absolute Gasteiger partial charge is 0.338 e. The second-order valence-electron chi connectivity index (χ2n) is 8.38. The van der Waals surface area contributed by atoms with Crippen LogP contribution in [0.2, 0.25) is 15.1 Å². The van der Waals surface area contributed by atoms with E-state index in [0.29, 0.717) is 64.2 Å². The number of carbonyl (C=O) groups excluding carboxylic acids is 2. The number of fused-ring (bicyclic) bond motifs is 1. The lowest BCUT2D eigenvalue weighted by atomic mass is 10.0. The second kappa shape index (κ2) is 9.37. The number of hydrogen-bond donors (Lipinski definition) is 1. The highest BCUT2D eigenvalue weighted by molar-refractivity contribution is 6.36. The van der Waals surface area contributed by atoms with Crippen LogP contribution in [0.1, 0.15) is 22.3 Å². The molecule has 4 rings (SSSR count). The molecule has 5 nitrogen and oxygen atoms in total. The highest BCUT2D eigenvalue weighted by atomic mass is 35.5. The molecule has 0 bridgehead atoms. The molecule has 2 amide bonds. The van der Waals surface area contributed by atoms with E-state index in [1.54, 1.807) is 24.3 Å². The van der Waals surface area contributed by atoms with Crippen molar-refractivity contribution in [1.29, 1.82) is 0 Å². The lowest BCUT2D eigenvalue weighted by Crippen LogP contribution is -2.34. The molecule has 0 aliphatic carbocycles. The minimum absolute atomic E-state index is 0.0221. The summed E-state index contributed by atoms with van der Waals surface area (Å²) >= 11 is 18.3. The van der Waals surface area contributed by atoms with Crippen LogP contribution in [0.3, 0.4) is 0 Å². The summed E-state index contributed by atoms with van der Waals surface area (Å²) in [4.78, 5) is 29.4. The van der Waals surface area contributed by atoms with Gasteiger partial charge >= 0.3 is 0 Å². The first kappa shape index (κ1) is 22.4. The van der Waals surface area contributed by atoms with Gasteiger partial charge in [-0.1, -0.05) is 40.9 Å². The van der Waals surface area contributed by atoms with Gasteiger partial charge in [-0.25, -0.2) is 0 Å². The molecule has 31 heavy (non-hydrogen) atoms. The Labute approximate surface area is 197 Å². The van der Waals surface area contributed by atoms with Crippen LogP contribution in [0.4, 0.5) is 5.69 Å². The molecule has 0 radical (unpaired) electrons. The van der Waals surface area contributed by atoms with Crippen molar-refractivity contribution < 1.29 is 9.59 Å². The molecular weight excluding hydrogens is 457 g/mol. The first-order chi connectivity index (χ1) is 14.8. The van der Waals surface area contributed by atoms with Crippen molar-refractivity contribution in [2.75, 3.05) is 38.0 Å². The first-order valence-corrected chi connectivity index (χ1v) is 11.5. The van der Waals surface area contributed by atoms with Gasteiger partial charge in [-0.3, -0.25) is 9.59 Å². The third-order valence-electron chi connectivity index (χ3n) is 6.12. The summed E-state index contributed by atoms with van der Waals surface area (Å²) in [5, 5.41) is 4.46. The summed E-state index contributed by atoms with van der Waals surface area (Å²) in [6.07, 6.45) is 0.425. The number of amides is 2. The average Bonchev–Trinajstić information content (AvgIpc) is 3.28. The molecular formula is C23H24Cl3N3O2. The number of rotatable bonds is 5. The number of nitrogens with zero attached hydrogens (tertiary/aromatic N) is 2. The zero-order valence-electron chi connectivity index (χ0n) is 17.2. The number of benzene rings is 2. The predicted octanol–water partition coefficient (Wildman–Crippen LogP) is 4.99. The Morgan fingerprint density at radius 1 is 0.968 bits per heavy atom. The number of halogens is 3. The summed E-state index contributed by atoms with van der Waals surface area (Å²) in [6.45, 7) is 5.85. The predicted molar refractivity (Wildman–Crippen MR) is 125 cm³/mol. The maximum absolute atomic E-state index is 12.8. The fourth-order valence-electron chi connectivity index (χ4n) is 4.43. The Kier molecular flexibility index (Phi) is 6.77. The number of hydrogen-bond acceptors (Lipinski definition) is 3. The fraction of sp³-hybridized carbons (Fsp3) is 0.391. The average molecular weight is 481 g/mol. The zero-order valence-corrected chi connectivity index (χ0v) is 19.5. The molecule has 0 aromatic heterocycles. The van der Waals surface area contributed by atoms with Gasteiger partial charge in [0.05, 0.1) is 10.6 Å². The summed E-state index contributed by atoms with van der Waals surface area (Å²) in [6, 6.07) is 10.5. The molecule has 2 aliphatic rings. The molecule has 2 atom stereocenters. The minimum Gasteiger partial charge on any atom is -0.338 e. The van der Waals surface area contributed by atoms with Crippen LogP contribution in [0.15, 0.2) is 36.4 Å². The quantitative estimate of drug-likeness (QED) is 0.656. The molecule has 0 spiro atoms. The van der Waals surface area contributed by atoms with Crippen molar-refractivity contribution >= 4 is 52.3 Å². The zero-order chi connectivity index (χ0) is 22.1. The molecule has 2 aromatic carbocycles. The number of anilines is 1. The van der Waals surface area contributed by atoms with Gasteiger partial charge in [0.15, 0.2) is 0 Å². The third kappa shape index (κ3) is 5.17. The SMILES string of the molecule is Cc1ccc(NC(=O)CCN2CC3CN(C(=O)c4ccc(Cl)cc4Cl)CC3C2)cc1Cl. The van der Waals surface area contributed by atoms with Crippen LogP contribution in [0, 0.1) is 18.8 Å². The third-order valence-corrected chi connectivity index (χ3v) is 7.08. The fourth-order valence-corrected chi connectivity index (χ4v) is 5.10. The van der Waals surface area contributed by atoms with Gasteiger partial charge in [-0.05, 0) is 54.7 Å². The summed E-state index contributed by atoms with van der Waals surface area (Å²) in [5.41, 5.74) is 2.19. The highest BCUT2D eigenvalue weighted by Gasteiger charge is 2.41. The van der Waals surface area contributed by atoms with Gasteiger partial charge in [0, 0.05) is 54.9 Å². The highest BCUT2D eigenvalue weighted by Crippen LogP contribution is 2.33. The maximum Gasteiger partial charge on any atom is 0.255 e. The number of likely N-dealkylation sites (tertiary alicyclic amines) is 2. The van der Waals surface area contributed by atoms with E-state index in [1.807, 2.05) is 24.0 Å². The molecule has 1 N–H and O–H groups in total. The van der Waals surface area contributed by atoms with E-state index >= 15 is 0 Å². The van der Waals surface area contributed by atoms with Crippen LogP contribution < -0.4 is 5.32 Å². The normalized spacial score (nSPS) is 20.7. The van der Waals surface area contributed by atoms with Gasteiger partial charge in [-0.2, -0.15) is 0 Å². The maximum atomic E-state index is 12.8.